The number of phenols is 2. The summed E-state index contributed by atoms with van der Waals surface area (Å²) in [6.07, 6.45) is -4.53. The number of aliphatic hydroxyl groups is 4. The van der Waals surface area contributed by atoms with Crippen LogP contribution in [0.15, 0.2) is 41.7 Å². The van der Waals surface area contributed by atoms with E-state index in [4.69, 9.17) is 14.2 Å². The van der Waals surface area contributed by atoms with Crippen molar-refractivity contribution in [3.8, 4) is 11.5 Å². The molecule has 4 aliphatic rings. The number of anilines is 1. The molecule has 3 aliphatic carbocycles. The number of aromatic nitrogens is 1. The number of amides is 1. The maximum atomic E-state index is 14.8. The van der Waals surface area contributed by atoms with E-state index >= 15 is 0 Å². The van der Waals surface area contributed by atoms with E-state index in [0.717, 1.165) is 13.2 Å². The molecule has 1 fully saturated rings. The summed E-state index contributed by atoms with van der Waals surface area (Å²) in [6.45, 7) is 2.42. The molecule has 1 aromatic heterocycles. The average Bonchev–Trinajstić information content (AvgIpc) is 3.13. The Balaban J connectivity index is 1.38. The number of hydrogen-bond acceptors (Lipinski definition) is 16. The monoisotopic (exact) mass is 759 g/mol. The van der Waals surface area contributed by atoms with Gasteiger partial charge >= 0.3 is 0 Å². The van der Waals surface area contributed by atoms with Gasteiger partial charge in [0, 0.05) is 43.5 Å². The molecule has 2 aromatic carbocycles. The van der Waals surface area contributed by atoms with Gasteiger partial charge < -0.3 is 50.2 Å². The first-order chi connectivity index (χ1) is 26.1. The van der Waals surface area contributed by atoms with Gasteiger partial charge in [0.1, 0.15) is 17.6 Å². The molecule has 0 radical (unpaired) electrons. The van der Waals surface area contributed by atoms with Crippen molar-refractivity contribution in [2.75, 3.05) is 26.1 Å². The van der Waals surface area contributed by atoms with Crippen LogP contribution in [-0.2, 0) is 26.2 Å². The number of aromatic hydroxyl groups is 2. The highest BCUT2D eigenvalue weighted by atomic mass is 16.6. The molecule has 17 heteroatoms. The molecule has 1 amide bonds. The maximum Gasteiger partial charge on any atom is 0.259 e. The number of rotatable bonds is 6. The third kappa shape index (κ3) is 5.22. The van der Waals surface area contributed by atoms with Crippen molar-refractivity contribution in [3.05, 3.63) is 81.2 Å². The number of Topliss-reactive ketones (excluding diaryl/α,β-unsaturated/α-hetero) is 4. The molecule has 0 saturated carbocycles. The van der Waals surface area contributed by atoms with Crippen molar-refractivity contribution in [1.82, 2.24) is 4.98 Å². The number of ether oxygens (including phenoxy) is 3. The molecule has 17 nitrogen and oxygen atoms in total. The minimum absolute atomic E-state index is 0.0129. The molecule has 7 N–H and O–H groups in total. The zero-order valence-corrected chi connectivity index (χ0v) is 29.9. The quantitative estimate of drug-likeness (QED) is 0.181. The van der Waals surface area contributed by atoms with Gasteiger partial charge in [0.05, 0.1) is 71.5 Å². The van der Waals surface area contributed by atoms with E-state index in [0.29, 0.717) is 0 Å². The Labute approximate surface area is 312 Å². The van der Waals surface area contributed by atoms with Crippen molar-refractivity contribution in [2.45, 2.75) is 68.5 Å². The predicted molar refractivity (Wildman–Crippen MR) is 188 cm³/mol. The highest BCUT2D eigenvalue weighted by molar-refractivity contribution is 6.53. The second-order valence-electron chi connectivity index (χ2n) is 14.0. The number of pyridine rings is 1. The molecule has 2 heterocycles. The number of aryl methyl sites for hydroxylation is 1. The summed E-state index contributed by atoms with van der Waals surface area (Å²) in [7, 11) is 2.26. The van der Waals surface area contributed by atoms with Crippen LogP contribution in [0.2, 0.25) is 0 Å². The molecular weight excluding hydrogens is 722 g/mol. The summed E-state index contributed by atoms with van der Waals surface area (Å²) < 4.78 is 16.6. The van der Waals surface area contributed by atoms with Gasteiger partial charge in [0.25, 0.3) is 5.91 Å². The number of fused-ring (bicyclic) bond motifs is 5. The highest BCUT2D eigenvalue weighted by Gasteiger charge is 2.72. The lowest BCUT2D eigenvalue weighted by atomic mass is 9.56. The Morgan fingerprint density at radius 1 is 1.07 bits per heavy atom. The van der Waals surface area contributed by atoms with E-state index in [1.54, 1.807) is 13.0 Å². The first-order valence-electron chi connectivity index (χ1n) is 17.2. The molecule has 55 heavy (non-hydrogen) atoms. The third-order valence-electron chi connectivity index (χ3n) is 11.1. The van der Waals surface area contributed by atoms with Crippen molar-refractivity contribution < 1.29 is 68.8 Å². The average molecular weight is 760 g/mol. The number of ketones is 4. The number of hydrogen-bond donors (Lipinski definition) is 7. The van der Waals surface area contributed by atoms with E-state index in [1.807, 2.05) is 0 Å². The lowest BCUT2D eigenvalue weighted by Gasteiger charge is -2.53. The smallest absolute Gasteiger partial charge is 0.259 e. The molecule has 0 unspecified atom stereocenters. The molecule has 3 aromatic rings. The van der Waals surface area contributed by atoms with Gasteiger partial charge in [-0.05, 0) is 43.2 Å². The van der Waals surface area contributed by atoms with Crippen LogP contribution < -0.4 is 5.32 Å². The van der Waals surface area contributed by atoms with Crippen LogP contribution in [0.5, 0.6) is 11.5 Å². The summed E-state index contributed by atoms with van der Waals surface area (Å²) in [5, 5.41) is 71.0. The number of aliphatic imine (C=N–C) groups is 1. The SMILES string of the molecule is CO[C@@H]1[C@@H](O)[C@@H](CO)[C@@H](N=C2CC(=O)c3c(cc4c(c3O)C(=O)[C@]3(OC)[C@H](O)Cc5cc(C)c(C(=O)Nc6cccnc6)c(O)c5[C@]3(O)C4=O)C2=O)O[C@H]1C. The topological polar surface area (TPSA) is 272 Å². The lowest BCUT2D eigenvalue weighted by Crippen LogP contribution is -2.73. The minimum atomic E-state index is -3.27. The zero-order valence-electron chi connectivity index (χ0n) is 29.9. The van der Waals surface area contributed by atoms with Crippen molar-refractivity contribution in [2.24, 2.45) is 10.9 Å². The standard InChI is InChI=1S/C38H37N3O14/c1-14-8-16-9-23(44)38(54-4)34(50)26-19(33(49)37(38,52)27(16)31(48)24(14)35(51)40-17-6-5-7-39-12-17)10-18-25(30(26)47)22(43)11-21(28(18)45)41-36-20(13-42)29(46)32(53-3)15(2)55-36/h5-8,10,12,15,20,23,29,32,36,42,44,46-48,52H,9,11,13H2,1-4H3,(H,40,51)/t15-,20+,23+,29-,32-,36-,37-,38+/m0/s1. The second kappa shape index (κ2) is 13.5. The highest BCUT2D eigenvalue weighted by Crippen LogP contribution is 2.56. The lowest BCUT2D eigenvalue weighted by molar-refractivity contribution is -0.206. The van der Waals surface area contributed by atoms with E-state index in [-0.39, 0.29) is 22.4 Å². The number of methoxy groups -OCH3 is 2. The van der Waals surface area contributed by atoms with Gasteiger partial charge in [-0.1, -0.05) is 6.07 Å². The van der Waals surface area contributed by atoms with Gasteiger partial charge in [-0.25, -0.2) is 0 Å². The number of nitrogens with zero attached hydrogens (tertiary/aromatic N) is 2. The van der Waals surface area contributed by atoms with Crippen LogP contribution in [0.3, 0.4) is 0 Å². The Kier molecular flexibility index (Phi) is 9.32. The number of carbonyl (C=O) groups is 5. The molecule has 1 saturated heterocycles. The van der Waals surface area contributed by atoms with Crippen LogP contribution in [0.1, 0.15) is 81.8 Å². The van der Waals surface area contributed by atoms with E-state index in [9.17, 15) is 54.6 Å². The van der Waals surface area contributed by atoms with E-state index in [1.165, 1.54) is 38.6 Å². The molecular formula is C38H37N3O14. The number of benzene rings is 2. The van der Waals surface area contributed by atoms with Gasteiger partial charge in [0.15, 0.2) is 23.2 Å². The summed E-state index contributed by atoms with van der Waals surface area (Å²) >= 11 is 0. The van der Waals surface area contributed by atoms with Crippen LogP contribution >= 0.6 is 0 Å². The Morgan fingerprint density at radius 2 is 1.80 bits per heavy atom. The van der Waals surface area contributed by atoms with Crippen molar-refractivity contribution in [3.63, 3.8) is 0 Å². The van der Waals surface area contributed by atoms with Crippen molar-refractivity contribution >= 4 is 40.4 Å². The molecule has 1 aliphatic heterocycles. The Hall–Kier alpha value is -5.27. The van der Waals surface area contributed by atoms with E-state index < -0.39 is 141 Å². The summed E-state index contributed by atoms with van der Waals surface area (Å²) in [5.41, 5.74) is -9.98. The number of carbonyl (C=O) groups excluding carboxylic acids is 5. The van der Waals surface area contributed by atoms with Crippen LogP contribution in [0.25, 0.3) is 0 Å². The number of phenolic OH excluding ortho intramolecular Hbond substituents is 2. The Morgan fingerprint density at radius 3 is 2.44 bits per heavy atom. The molecule has 8 atom stereocenters. The fourth-order valence-corrected chi connectivity index (χ4v) is 8.50. The molecule has 7 rings (SSSR count). The van der Waals surface area contributed by atoms with E-state index in [2.05, 4.69) is 15.3 Å². The number of aliphatic hydroxyl groups excluding tert-OH is 3. The van der Waals surface area contributed by atoms with Gasteiger partial charge in [-0.3, -0.25) is 33.9 Å². The largest absolute Gasteiger partial charge is 0.507 e. The molecule has 0 bridgehead atoms. The van der Waals surface area contributed by atoms with Crippen LogP contribution in [-0.4, -0.2) is 127 Å². The third-order valence-corrected chi connectivity index (χ3v) is 11.1. The van der Waals surface area contributed by atoms with Gasteiger partial charge in [-0.15, -0.1) is 0 Å². The second-order valence-corrected chi connectivity index (χ2v) is 14.0. The molecule has 0 spiro atoms. The maximum absolute atomic E-state index is 14.8. The van der Waals surface area contributed by atoms with Crippen LogP contribution in [0.4, 0.5) is 5.69 Å². The Bertz CT molecular complexity index is 2220. The fraction of sp³-hybridized carbons (Fsp3) is 0.395. The first-order valence-corrected chi connectivity index (χ1v) is 17.2. The summed E-state index contributed by atoms with van der Waals surface area (Å²) in [4.78, 5) is 78.8. The summed E-state index contributed by atoms with van der Waals surface area (Å²) in [6, 6.07) is 5.27. The van der Waals surface area contributed by atoms with Gasteiger partial charge in [-0.2, -0.15) is 0 Å². The normalized spacial score (nSPS) is 30.7. The minimum Gasteiger partial charge on any atom is -0.507 e. The summed E-state index contributed by atoms with van der Waals surface area (Å²) in [5.74, 6) is -8.56. The first kappa shape index (κ1) is 38.0. The fourth-order valence-electron chi connectivity index (χ4n) is 8.50. The zero-order chi connectivity index (χ0) is 39.9. The van der Waals surface area contributed by atoms with Crippen molar-refractivity contribution in [1.29, 1.82) is 0 Å². The van der Waals surface area contributed by atoms with Crippen LogP contribution in [0, 0.1) is 12.8 Å². The predicted octanol–water partition coefficient (Wildman–Crippen LogP) is 0.562. The number of nitrogens with one attached hydrogen (secondary N) is 1. The van der Waals surface area contributed by atoms with Gasteiger partial charge in [0.2, 0.25) is 17.3 Å². The molecule has 288 valence electrons.